The molecule has 1 fully saturated rings. The number of hydrogen-bond donors (Lipinski definition) is 1. The lowest BCUT2D eigenvalue weighted by molar-refractivity contribution is 0.0384. The third kappa shape index (κ3) is 2.97. The molecule has 100 valence electrons. The Labute approximate surface area is 113 Å². The normalized spacial score (nSPS) is 22.0. The van der Waals surface area contributed by atoms with Crippen molar-refractivity contribution in [2.24, 2.45) is 0 Å². The lowest BCUT2D eigenvalue weighted by atomic mass is 10.1. The molecular weight excluding hydrogens is 250 g/mol. The van der Waals surface area contributed by atoms with E-state index < -0.39 is 6.10 Å². The molecule has 0 radical (unpaired) electrons. The molecule has 0 saturated carbocycles. The smallest absolute Gasteiger partial charge is 0.0762 e. The van der Waals surface area contributed by atoms with E-state index in [4.69, 9.17) is 16.3 Å². The largest absolute Gasteiger partial charge is 0.389 e. The van der Waals surface area contributed by atoms with E-state index in [0.717, 1.165) is 37.4 Å². The number of halogens is 1. The van der Waals surface area contributed by atoms with Gasteiger partial charge in [-0.05, 0) is 31.0 Å². The van der Waals surface area contributed by atoms with Gasteiger partial charge in [0.15, 0.2) is 0 Å². The molecule has 4 heteroatoms. The number of hydrogen-bond acceptors (Lipinski definition) is 3. The zero-order chi connectivity index (χ0) is 13.1. The minimum absolute atomic E-state index is 0.284. The molecule has 1 saturated heterocycles. The van der Waals surface area contributed by atoms with Crippen LogP contribution in [0, 0.1) is 0 Å². The Morgan fingerprint density at radius 1 is 1.56 bits per heavy atom. The van der Waals surface area contributed by atoms with E-state index in [-0.39, 0.29) is 6.10 Å². The fraction of sp³-hybridized carbons (Fsp3) is 0.571. The predicted octanol–water partition coefficient (Wildman–Crippen LogP) is 3.01. The van der Waals surface area contributed by atoms with Crippen LogP contribution < -0.4 is 4.90 Å². The lowest BCUT2D eigenvalue weighted by Gasteiger charge is -2.34. The van der Waals surface area contributed by atoms with Gasteiger partial charge in [0.25, 0.3) is 0 Å². The van der Waals surface area contributed by atoms with Gasteiger partial charge in [-0.3, -0.25) is 0 Å². The van der Waals surface area contributed by atoms with Crippen LogP contribution in [0.1, 0.15) is 31.9 Å². The monoisotopic (exact) mass is 269 g/mol. The van der Waals surface area contributed by atoms with Crippen molar-refractivity contribution in [2.45, 2.75) is 32.5 Å². The summed E-state index contributed by atoms with van der Waals surface area (Å²) in [5.74, 6) is 0. The highest BCUT2D eigenvalue weighted by atomic mass is 35.5. The average Bonchev–Trinajstić information content (AvgIpc) is 2.38. The van der Waals surface area contributed by atoms with Gasteiger partial charge in [0.1, 0.15) is 0 Å². The molecule has 1 heterocycles. The number of aliphatic hydroxyl groups excluding tert-OH is 1. The second kappa shape index (κ2) is 5.91. The van der Waals surface area contributed by atoms with E-state index in [0.29, 0.717) is 5.02 Å². The van der Waals surface area contributed by atoms with Crippen LogP contribution in [-0.4, -0.2) is 30.9 Å². The Morgan fingerprint density at radius 2 is 2.33 bits per heavy atom. The molecule has 0 spiro atoms. The summed E-state index contributed by atoms with van der Waals surface area (Å²) in [6.07, 6.45) is 0.816. The van der Waals surface area contributed by atoms with Crippen molar-refractivity contribution < 1.29 is 9.84 Å². The number of ether oxygens (including phenoxy) is 1. The molecule has 3 nitrogen and oxygen atoms in total. The van der Waals surface area contributed by atoms with Crippen LogP contribution in [0.5, 0.6) is 0 Å². The van der Waals surface area contributed by atoms with E-state index in [1.165, 1.54) is 0 Å². The van der Waals surface area contributed by atoms with Crippen molar-refractivity contribution >= 4 is 17.3 Å². The number of anilines is 1. The molecule has 0 amide bonds. The summed E-state index contributed by atoms with van der Waals surface area (Å²) < 4.78 is 5.66. The van der Waals surface area contributed by atoms with Gasteiger partial charge in [0.05, 0.1) is 29.5 Å². The first-order chi connectivity index (χ1) is 8.61. The number of benzene rings is 1. The van der Waals surface area contributed by atoms with Crippen LogP contribution in [0.4, 0.5) is 5.69 Å². The van der Waals surface area contributed by atoms with Crippen molar-refractivity contribution in [3.63, 3.8) is 0 Å². The SMILES string of the molecule is CCC1CN(c2ccc(C(C)O)cc2Cl)CCO1. The molecule has 2 unspecified atom stereocenters. The van der Waals surface area contributed by atoms with Gasteiger partial charge in [-0.15, -0.1) is 0 Å². The summed E-state index contributed by atoms with van der Waals surface area (Å²) in [5, 5.41) is 10.2. The molecule has 1 aliphatic heterocycles. The minimum atomic E-state index is -0.482. The number of nitrogens with zero attached hydrogens (tertiary/aromatic N) is 1. The van der Waals surface area contributed by atoms with E-state index in [1.807, 2.05) is 18.2 Å². The van der Waals surface area contributed by atoms with Gasteiger partial charge < -0.3 is 14.7 Å². The summed E-state index contributed by atoms with van der Waals surface area (Å²) in [6.45, 7) is 6.36. The van der Waals surface area contributed by atoms with Gasteiger partial charge >= 0.3 is 0 Å². The van der Waals surface area contributed by atoms with Crippen molar-refractivity contribution in [1.29, 1.82) is 0 Å². The second-order valence-corrected chi connectivity index (χ2v) is 5.14. The highest BCUT2D eigenvalue weighted by molar-refractivity contribution is 6.33. The van der Waals surface area contributed by atoms with Crippen molar-refractivity contribution in [1.82, 2.24) is 0 Å². The third-order valence-corrected chi connectivity index (χ3v) is 3.69. The zero-order valence-corrected chi connectivity index (χ0v) is 11.7. The quantitative estimate of drug-likeness (QED) is 0.916. The molecule has 1 aliphatic rings. The minimum Gasteiger partial charge on any atom is -0.389 e. The number of morpholine rings is 1. The summed E-state index contributed by atoms with van der Waals surface area (Å²) in [4.78, 5) is 2.26. The lowest BCUT2D eigenvalue weighted by Crippen LogP contribution is -2.42. The van der Waals surface area contributed by atoms with E-state index >= 15 is 0 Å². The third-order valence-electron chi connectivity index (χ3n) is 3.39. The van der Waals surface area contributed by atoms with Crippen molar-refractivity contribution in [3.8, 4) is 0 Å². The van der Waals surface area contributed by atoms with Crippen LogP contribution in [0.2, 0.25) is 5.02 Å². The van der Waals surface area contributed by atoms with Crippen LogP contribution in [0.25, 0.3) is 0 Å². The van der Waals surface area contributed by atoms with Crippen LogP contribution in [0.3, 0.4) is 0 Å². The summed E-state index contributed by atoms with van der Waals surface area (Å²) in [6, 6.07) is 5.77. The Bertz CT molecular complexity index is 409. The second-order valence-electron chi connectivity index (χ2n) is 4.73. The molecule has 0 bridgehead atoms. The van der Waals surface area contributed by atoms with E-state index in [2.05, 4.69) is 11.8 Å². The topological polar surface area (TPSA) is 32.7 Å². The fourth-order valence-electron chi connectivity index (χ4n) is 2.22. The van der Waals surface area contributed by atoms with Crippen molar-refractivity contribution in [2.75, 3.05) is 24.6 Å². The molecule has 0 aliphatic carbocycles. The molecular formula is C14H20ClNO2. The molecule has 0 aromatic heterocycles. The molecule has 2 rings (SSSR count). The van der Waals surface area contributed by atoms with Gasteiger partial charge in [-0.1, -0.05) is 24.6 Å². The molecule has 1 N–H and O–H groups in total. The maximum absolute atomic E-state index is 9.54. The Balaban J connectivity index is 2.17. The maximum atomic E-state index is 9.54. The maximum Gasteiger partial charge on any atom is 0.0762 e. The average molecular weight is 270 g/mol. The molecule has 18 heavy (non-hydrogen) atoms. The Morgan fingerprint density at radius 3 is 2.94 bits per heavy atom. The van der Waals surface area contributed by atoms with Gasteiger partial charge in [0.2, 0.25) is 0 Å². The Kier molecular flexibility index (Phi) is 4.49. The molecule has 1 aromatic carbocycles. The molecule has 1 aromatic rings. The first kappa shape index (κ1) is 13.7. The summed E-state index contributed by atoms with van der Waals surface area (Å²) in [7, 11) is 0. The first-order valence-electron chi connectivity index (χ1n) is 6.46. The first-order valence-corrected chi connectivity index (χ1v) is 6.83. The van der Waals surface area contributed by atoms with Crippen LogP contribution in [0.15, 0.2) is 18.2 Å². The van der Waals surface area contributed by atoms with Crippen LogP contribution in [-0.2, 0) is 4.74 Å². The molecule has 2 atom stereocenters. The van der Waals surface area contributed by atoms with E-state index in [1.54, 1.807) is 6.92 Å². The summed E-state index contributed by atoms with van der Waals surface area (Å²) in [5.41, 5.74) is 1.88. The summed E-state index contributed by atoms with van der Waals surface area (Å²) >= 11 is 6.30. The van der Waals surface area contributed by atoms with Gasteiger partial charge in [-0.2, -0.15) is 0 Å². The fourth-order valence-corrected chi connectivity index (χ4v) is 2.53. The zero-order valence-electron chi connectivity index (χ0n) is 10.9. The highest BCUT2D eigenvalue weighted by Crippen LogP contribution is 2.30. The van der Waals surface area contributed by atoms with Gasteiger partial charge in [0, 0.05) is 13.1 Å². The van der Waals surface area contributed by atoms with Gasteiger partial charge in [-0.25, -0.2) is 0 Å². The predicted molar refractivity (Wildman–Crippen MR) is 74.3 cm³/mol. The van der Waals surface area contributed by atoms with E-state index in [9.17, 15) is 5.11 Å². The number of aliphatic hydroxyl groups is 1. The standard InChI is InChI=1S/C14H20ClNO2/c1-3-12-9-16(6-7-18-12)14-5-4-11(10(2)17)8-13(14)15/h4-5,8,10,12,17H,3,6-7,9H2,1-2H3. The Hall–Kier alpha value is -0.770. The van der Waals surface area contributed by atoms with Crippen LogP contribution >= 0.6 is 11.6 Å². The van der Waals surface area contributed by atoms with Crippen molar-refractivity contribution in [3.05, 3.63) is 28.8 Å². The highest BCUT2D eigenvalue weighted by Gasteiger charge is 2.21. The number of rotatable bonds is 3.